The van der Waals surface area contributed by atoms with Crippen LogP contribution in [0.1, 0.15) is 10.4 Å². The van der Waals surface area contributed by atoms with Crippen LogP contribution in [0.15, 0.2) is 41.5 Å². The Kier molecular flexibility index (Phi) is 3.09. The predicted octanol–water partition coefficient (Wildman–Crippen LogP) is 0.939. The molecule has 2 aromatic heterocycles. The largest absolute Gasteiger partial charge is 0.481 e. The molecule has 0 aliphatic carbocycles. The van der Waals surface area contributed by atoms with E-state index in [0.717, 1.165) is 0 Å². The number of hydrogen-bond donors (Lipinski definition) is 1. The molecule has 0 fully saturated rings. The summed E-state index contributed by atoms with van der Waals surface area (Å²) in [5, 5.41) is 8.89. The number of carboxylic acid groups (broad SMARTS) is 1. The molecule has 0 aliphatic rings. The first-order valence-electron chi connectivity index (χ1n) is 5.09. The van der Waals surface area contributed by atoms with Crippen LogP contribution in [0, 0.1) is 0 Å². The molecular weight excluding hydrogens is 236 g/mol. The molecule has 0 radical (unpaired) electrons. The number of pyridine rings is 2. The molecular formula is C12H10N2O4. The smallest absolute Gasteiger partial charge is 0.341 e. The van der Waals surface area contributed by atoms with Crippen LogP contribution in [0.2, 0.25) is 0 Å². The Morgan fingerprint density at radius 1 is 1.44 bits per heavy atom. The van der Waals surface area contributed by atoms with Gasteiger partial charge in [0.2, 0.25) is 5.88 Å². The van der Waals surface area contributed by atoms with Crippen molar-refractivity contribution in [2.24, 2.45) is 0 Å². The molecule has 2 rings (SSSR count). The van der Waals surface area contributed by atoms with Gasteiger partial charge in [-0.05, 0) is 18.2 Å². The Hall–Kier alpha value is -2.63. The van der Waals surface area contributed by atoms with Gasteiger partial charge < -0.3 is 9.84 Å². The van der Waals surface area contributed by atoms with Crippen LogP contribution >= 0.6 is 0 Å². The van der Waals surface area contributed by atoms with Gasteiger partial charge >= 0.3 is 5.97 Å². The summed E-state index contributed by atoms with van der Waals surface area (Å²) in [6, 6.07) is 5.90. The Morgan fingerprint density at radius 2 is 2.22 bits per heavy atom. The molecule has 0 unspecified atom stereocenters. The fourth-order valence-electron chi connectivity index (χ4n) is 1.52. The summed E-state index contributed by atoms with van der Waals surface area (Å²) >= 11 is 0. The van der Waals surface area contributed by atoms with Gasteiger partial charge in [0.25, 0.3) is 5.56 Å². The van der Waals surface area contributed by atoms with E-state index in [1.54, 1.807) is 12.1 Å². The minimum absolute atomic E-state index is 0.284. The van der Waals surface area contributed by atoms with Crippen LogP contribution in [0.25, 0.3) is 5.69 Å². The molecule has 0 atom stereocenters. The van der Waals surface area contributed by atoms with E-state index in [2.05, 4.69) is 4.98 Å². The molecule has 1 N–H and O–H groups in total. The Labute approximate surface area is 102 Å². The minimum atomic E-state index is -1.25. The zero-order valence-electron chi connectivity index (χ0n) is 9.53. The standard InChI is InChI=1S/C12H10N2O4/c1-18-10-7-8(4-5-13-10)14-6-2-3-9(11(14)15)12(16)17/h2-7H,1H3,(H,16,17). The van der Waals surface area contributed by atoms with Crippen LogP contribution < -0.4 is 10.3 Å². The fourth-order valence-corrected chi connectivity index (χ4v) is 1.52. The van der Waals surface area contributed by atoms with Crippen molar-refractivity contribution in [2.45, 2.75) is 0 Å². The number of carbonyl (C=O) groups is 1. The van der Waals surface area contributed by atoms with Gasteiger partial charge in [0, 0.05) is 18.5 Å². The number of hydrogen-bond acceptors (Lipinski definition) is 4. The molecule has 6 heteroatoms. The van der Waals surface area contributed by atoms with Crippen molar-refractivity contribution in [3.8, 4) is 11.6 Å². The first-order chi connectivity index (χ1) is 8.63. The number of ether oxygens (including phenoxy) is 1. The van der Waals surface area contributed by atoms with E-state index < -0.39 is 11.5 Å². The van der Waals surface area contributed by atoms with Gasteiger partial charge in [-0.1, -0.05) is 0 Å². The van der Waals surface area contributed by atoms with Crippen molar-refractivity contribution < 1.29 is 14.6 Å². The van der Waals surface area contributed by atoms with Gasteiger partial charge in [-0.3, -0.25) is 9.36 Å². The number of aromatic nitrogens is 2. The van der Waals surface area contributed by atoms with Crippen LogP contribution in [0.5, 0.6) is 5.88 Å². The lowest BCUT2D eigenvalue weighted by Crippen LogP contribution is -2.24. The average molecular weight is 246 g/mol. The van der Waals surface area contributed by atoms with E-state index >= 15 is 0 Å². The summed E-state index contributed by atoms with van der Waals surface area (Å²) in [5.41, 5.74) is -0.388. The highest BCUT2D eigenvalue weighted by Crippen LogP contribution is 2.11. The summed E-state index contributed by atoms with van der Waals surface area (Å²) in [6.07, 6.45) is 2.97. The second kappa shape index (κ2) is 4.70. The van der Waals surface area contributed by atoms with E-state index in [4.69, 9.17) is 9.84 Å². The second-order valence-corrected chi connectivity index (χ2v) is 3.46. The number of methoxy groups -OCH3 is 1. The van der Waals surface area contributed by atoms with E-state index in [-0.39, 0.29) is 5.56 Å². The van der Waals surface area contributed by atoms with Crippen molar-refractivity contribution in [1.82, 2.24) is 9.55 Å². The van der Waals surface area contributed by atoms with Crippen LogP contribution in [0.3, 0.4) is 0 Å². The maximum absolute atomic E-state index is 11.9. The third-order valence-corrected chi connectivity index (χ3v) is 2.38. The van der Waals surface area contributed by atoms with Crippen LogP contribution in [-0.4, -0.2) is 27.7 Å². The molecule has 18 heavy (non-hydrogen) atoms. The molecule has 0 saturated heterocycles. The Morgan fingerprint density at radius 3 is 2.89 bits per heavy atom. The number of aromatic carboxylic acids is 1. The third-order valence-electron chi connectivity index (χ3n) is 2.38. The maximum Gasteiger partial charge on any atom is 0.341 e. The van der Waals surface area contributed by atoms with Gasteiger partial charge in [0.05, 0.1) is 12.8 Å². The highest BCUT2D eigenvalue weighted by Gasteiger charge is 2.11. The molecule has 0 spiro atoms. The van der Waals surface area contributed by atoms with E-state index in [1.807, 2.05) is 0 Å². The summed E-state index contributed by atoms with van der Waals surface area (Å²) < 4.78 is 6.18. The molecule has 0 amide bonds. The monoisotopic (exact) mass is 246 g/mol. The SMILES string of the molecule is COc1cc(-n2cccc(C(=O)O)c2=O)ccn1. The van der Waals surface area contributed by atoms with Crippen LogP contribution in [0.4, 0.5) is 0 Å². The highest BCUT2D eigenvalue weighted by atomic mass is 16.5. The molecule has 0 bridgehead atoms. The molecule has 0 saturated carbocycles. The molecule has 6 nitrogen and oxygen atoms in total. The van der Waals surface area contributed by atoms with E-state index in [9.17, 15) is 9.59 Å². The van der Waals surface area contributed by atoms with E-state index in [0.29, 0.717) is 11.6 Å². The summed E-state index contributed by atoms with van der Waals surface area (Å²) in [6.45, 7) is 0. The van der Waals surface area contributed by atoms with Crippen molar-refractivity contribution in [3.05, 3.63) is 52.6 Å². The Balaban J connectivity index is 2.61. The molecule has 92 valence electrons. The first kappa shape index (κ1) is 11.8. The number of nitrogens with zero attached hydrogens (tertiary/aromatic N) is 2. The van der Waals surface area contributed by atoms with Gasteiger partial charge in [-0.15, -0.1) is 0 Å². The Bertz CT molecular complexity index is 649. The zero-order valence-corrected chi connectivity index (χ0v) is 9.53. The van der Waals surface area contributed by atoms with Crippen molar-refractivity contribution >= 4 is 5.97 Å². The summed E-state index contributed by atoms with van der Waals surface area (Å²) in [4.78, 5) is 26.7. The van der Waals surface area contributed by atoms with Crippen molar-refractivity contribution in [1.29, 1.82) is 0 Å². The highest BCUT2D eigenvalue weighted by molar-refractivity contribution is 5.87. The molecule has 0 aliphatic heterocycles. The topological polar surface area (TPSA) is 81.4 Å². The summed E-state index contributed by atoms with van der Waals surface area (Å²) in [7, 11) is 1.46. The minimum Gasteiger partial charge on any atom is -0.481 e. The molecule has 2 aromatic rings. The lowest BCUT2D eigenvalue weighted by molar-refractivity contribution is 0.0694. The van der Waals surface area contributed by atoms with Gasteiger partial charge in [-0.2, -0.15) is 0 Å². The fraction of sp³-hybridized carbons (Fsp3) is 0.0833. The second-order valence-electron chi connectivity index (χ2n) is 3.46. The van der Waals surface area contributed by atoms with Crippen LogP contribution in [-0.2, 0) is 0 Å². The lowest BCUT2D eigenvalue weighted by Gasteiger charge is -2.07. The maximum atomic E-state index is 11.9. The third kappa shape index (κ3) is 2.08. The zero-order chi connectivity index (χ0) is 13.1. The average Bonchev–Trinajstić information content (AvgIpc) is 2.38. The number of rotatable bonds is 3. The van der Waals surface area contributed by atoms with Crippen molar-refractivity contribution in [2.75, 3.05) is 7.11 Å². The van der Waals surface area contributed by atoms with Gasteiger partial charge in [0.15, 0.2) is 0 Å². The normalized spacial score (nSPS) is 10.1. The molecule has 0 aromatic carbocycles. The lowest BCUT2D eigenvalue weighted by atomic mass is 10.2. The van der Waals surface area contributed by atoms with Gasteiger partial charge in [0.1, 0.15) is 5.56 Å². The quantitative estimate of drug-likeness (QED) is 0.871. The first-order valence-corrected chi connectivity index (χ1v) is 5.09. The predicted molar refractivity (Wildman–Crippen MR) is 63.3 cm³/mol. The number of carboxylic acids is 1. The van der Waals surface area contributed by atoms with Crippen molar-refractivity contribution in [3.63, 3.8) is 0 Å². The van der Waals surface area contributed by atoms with Gasteiger partial charge in [-0.25, -0.2) is 9.78 Å². The van der Waals surface area contributed by atoms with E-state index in [1.165, 1.54) is 36.2 Å². The molecule has 2 heterocycles. The summed E-state index contributed by atoms with van der Waals surface area (Å²) in [5.74, 6) is -0.907.